The SMILES string of the molecule is Cc1ccc(C(=O)Nc2cc(C)no2)cc1. The first kappa shape index (κ1) is 10.4. The largest absolute Gasteiger partial charge is 0.338 e. The Bertz CT molecular complexity index is 500. The van der Waals surface area contributed by atoms with Gasteiger partial charge < -0.3 is 4.52 Å². The second-order valence-corrected chi connectivity index (χ2v) is 3.65. The topological polar surface area (TPSA) is 55.1 Å². The van der Waals surface area contributed by atoms with Gasteiger partial charge in [0.05, 0.1) is 5.69 Å². The van der Waals surface area contributed by atoms with Gasteiger partial charge in [-0.1, -0.05) is 22.9 Å². The molecule has 1 aromatic carbocycles. The zero-order chi connectivity index (χ0) is 11.5. The van der Waals surface area contributed by atoms with Crippen LogP contribution in [0.4, 0.5) is 5.88 Å². The molecule has 0 bridgehead atoms. The molecule has 4 nitrogen and oxygen atoms in total. The van der Waals surface area contributed by atoms with Crippen molar-refractivity contribution in [2.24, 2.45) is 0 Å². The Kier molecular flexibility index (Phi) is 2.72. The zero-order valence-corrected chi connectivity index (χ0v) is 9.15. The maximum Gasteiger partial charge on any atom is 0.258 e. The summed E-state index contributed by atoms with van der Waals surface area (Å²) in [5.41, 5.74) is 2.45. The van der Waals surface area contributed by atoms with Gasteiger partial charge in [0.15, 0.2) is 0 Å². The predicted octanol–water partition coefficient (Wildman–Crippen LogP) is 2.54. The molecular weight excluding hydrogens is 204 g/mol. The lowest BCUT2D eigenvalue weighted by molar-refractivity contribution is 0.102. The van der Waals surface area contributed by atoms with E-state index in [4.69, 9.17) is 4.52 Å². The van der Waals surface area contributed by atoms with Crippen LogP contribution in [0.2, 0.25) is 0 Å². The molecule has 82 valence electrons. The van der Waals surface area contributed by atoms with E-state index in [0.717, 1.165) is 11.3 Å². The Morgan fingerprint density at radius 3 is 2.50 bits per heavy atom. The number of aryl methyl sites for hydroxylation is 2. The molecule has 0 spiro atoms. The zero-order valence-electron chi connectivity index (χ0n) is 9.15. The lowest BCUT2D eigenvalue weighted by Gasteiger charge is -2.01. The Morgan fingerprint density at radius 2 is 1.94 bits per heavy atom. The lowest BCUT2D eigenvalue weighted by Crippen LogP contribution is -2.11. The number of amides is 1. The van der Waals surface area contributed by atoms with Crippen molar-refractivity contribution in [3.05, 3.63) is 47.2 Å². The molecule has 1 amide bonds. The van der Waals surface area contributed by atoms with Crippen molar-refractivity contribution in [1.82, 2.24) is 5.16 Å². The number of rotatable bonds is 2. The fourth-order valence-corrected chi connectivity index (χ4v) is 1.31. The summed E-state index contributed by atoms with van der Waals surface area (Å²) in [5.74, 6) is 0.166. The van der Waals surface area contributed by atoms with E-state index < -0.39 is 0 Å². The van der Waals surface area contributed by atoms with E-state index in [1.165, 1.54) is 0 Å². The van der Waals surface area contributed by atoms with Crippen LogP contribution in [0.3, 0.4) is 0 Å². The number of hydrogen-bond acceptors (Lipinski definition) is 3. The molecule has 0 saturated carbocycles. The fraction of sp³-hybridized carbons (Fsp3) is 0.167. The Morgan fingerprint density at radius 1 is 1.25 bits per heavy atom. The molecule has 2 rings (SSSR count). The average molecular weight is 216 g/mol. The molecule has 0 radical (unpaired) electrons. The molecule has 1 heterocycles. The molecule has 1 N–H and O–H groups in total. The van der Waals surface area contributed by atoms with Crippen molar-refractivity contribution in [2.45, 2.75) is 13.8 Å². The molecule has 4 heteroatoms. The van der Waals surface area contributed by atoms with Crippen LogP contribution in [0.5, 0.6) is 0 Å². The summed E-state index contributed by atoms with van der Waals surface area (Å²) in [7, 11) is 0. The molecule has 0 atom stereocenters. The van der Waals surface area contributed by atoms with E-state index in [-0.39, 0.29) is 5.91 Å². The third kappa shape index (κ3) is 2.28. The molecule has 16 heavy (non-hydrogen) atoms. The van der Waals surface area contributed by atoms with Crippen LogP contribution in [-0.2, 0) is 0 Å². The number of hydrogen-bond donors (Lipinski definition) is 1. The van der Waals surface area contributed by atoms with Gasteiger partial charge in [0, 0.05) is 11.6 Å². The second-order valence-electron chi connectivity index (χ2n) is 3.65. The highest BCUT2D eigenvalue weighted by Crippen LogP contribution is 2.11. The van der Waals surface area contributed by atoms with Gasteiger partial charge in [-0.05, 0) is 26.0 Å². The fourth-order valence-electron chi connectivity index (χ4n) is 1.31. The van der Waals surface area contributed by atoms with E-state index in [1.807, 2.05) is 19.1 Å². The summed E-state index contributed by atoms with van der Waals surface area (Å²) in [6.45, 7) is 3.77. The Balaban J connectivity index is 2.11. The van der Waals surface area contributed by atoms with Crippen LogP contribution in [0.15, 0.2) is 34.9 Å². The molecule has 0 fully saturated rings. The van der Waals surface area contributed by atoms with Gasteiger partial charge in [0.2, 0.25) is 5.88 Å². The minimum absolute atomic E-state index is 0.198. The van der Waals surface area contributed by atoms with Crippen LogP contribution < -0.4 is 5.32 Å². The highest BCUT2D eigenvalue weighted by atomic mass is 16.5. The van der Waals surface area contributed by atoms with E-state index in [0.29, 0.717) is 11.4 Å². The highest BCUT2D eigenvalue weighted by molar-refractivity contribution is 6.03. The third-order valence-corrected chi connectivity index (χ3v) is 2.18. The summed E-state index contributed by atoms with van der Waals surface area (Å²) in [6.07, 6.45) is 0. The van der Waals surface area contributed by atoms with Gasteiger partial charge in [-0.25, -0.2) is 0 Å². The van der Waals surface area contributed by atoms with Crippen molar-refractivity contribution in [3.63, 3.8) is 0 Å². The summed E-state index contributed by atoms with van der Waals surface area (Å²) < 4.78 is 4.90. The molecule has 1 aromatic heterocycles. The van der Waals surface area contributed by atoms with Crippen molar-refractivity contribution in [2.75, 3.05) is 5.32 Å². The summed E-state index contributed by atoms with van der Waals surface area (Å²) >= 11 is 0. The van der Waals surface area contributed by atoms with Crippen molar-refractivity contribution < 1.29 is 9.32 Å². The van der Waals surface area contributed by atoms with Gasteiger partial charge in [-0.15, -0.1) is 0 Å². The maximum absolute atomic E-state index is 11.7. The first-order valence-electron chi connectivity index (χ1n) is 4.96. The van der Waals surface area contributed by atoms with Crippen molar-refractivity contribution in [3.8, 4) is 0 Å². The quantitative estimate of drug-likeness (QED) is 0.839. The van der Waals surface area contributed by atoms with E-state index >= 15 is 0 Å². The number of carbonyl (C=O) groups is 1. The number of aromatic nitrogens is 1. The minimum atomic E-state index is -0.198. The standard InChI is InChI=1S/C12H12N2O2/c1-8-3-5-10(6-4-8)12(15)13-11-7-9(2)14-16-11/h3-7H,1-2H3,(H,13,15). The average Bonchev–Trinajstić information content (AvgIpc) is 2.65. The highest BCUT2D eigenvalue weighted by Gasteiger charge is 2.08. The number of nitrogens with zero attached hydrogens (tertiary/aromatic N) is 1. The molecule has 0 aliphatic heterocycles. The summed E-state index contributed by atoms with van der Waals surface area (Å²) in [5, 5.41) is 6.32. The normalized spacial score (nSPS) is 10.1. The van der Waals surface area contributed by atoms with E-state index in [2.05, 4.69) is 10.5 Å². The van der Waals surface area contributed by atoms with Crippen LogP contribution in [0, 0.1) is 13.8 Å². The van der Waals surface area contributed by atoms with Gasteiger partial charge in [0.25, 0.3) is 5.91 Å². The van der Waals surface area contributed by atoms with Crippen LogP contribution in [0.25, 0.3) is 0 Å². The van der Waals surface area contributed by atoms with Gasteiger partial charge in [-0.3, -0.25) is 10.1 Å². The maximum atomic E-state index is 11.7. The summed E-state index contributed by atoms with van der Waals surface area (Å²) in [6, 6.07) is 9.00. The predicted molar refractivity (Wildman–Crippen MR) is 60.4 cm³/mol. The second kappa shape index (κ2) is 4.18. The molecule has 2 aromatic rings. The van der Waals surface area contributed by atoms with Crippen LogP contribution in [0.1, 0.15) is 21.6 Å². The number of nitrogens with one attached hydrogen (secondary N) is 1. The molecule has 0 aliphatic carbocycles. The molecule has 0 unspecified atom stereocenters. The number of benzene rings is 1. The van der Waals surface area contributed by atoms with E-state index in [9.17, 15) is 4.79 Å². The van der Waals surface area contributed by atoms with Crippen molar-refractivity contribution in [1.29, 1.82) is 0 Å². The monoisotopic (exact) mass is 216 g/mol. The van der Waals surface area contributed by atoms with Gasteiger partial charge in [-0.2, -0.15) is 0 Å². The third-order valence-electron chi connectivity index (χ3n) is 2.18. The first-order chi connectivity index (χ1) is 7.65. The number of carbonyl (C=O) groups excluding carboxylic acids is 1. The smallest absolute Gasteiger partial charge is 0.258 e. The molecular formula is C12H12N2O2. The lowest BCUT2D eigenvalue weighted by atomic mass is 10.1. The first-order valence-corrected chi connectivity index (χ1v) is 4.96. The Hall–Kier alpha value is -2.10. The Labute approximate surface area is 93.3 Å². The molecule has 0 aliphatic rings. The van der Waals surface area contributed by atoms with Gasteiger partial charge >= 0.3 is 0 Å². The minimum Gasteiger partial charge on any atom is -0.338 e. The van der Waals surface area contributed by atoms with Crippen LogP contribution >= 0.6 is 0 Å². The van der Waals surface area contributed by atoms with Crippen LogP contribution in [-0.4, -0.2) is 11.1 Å². The van der Waals surface area contributed by atoms with Gasteiger partial charge in [0.1, 0.15) is 0 Å². The summed E-state index contributed by atoms with van der Waals surface area (Å²) in [4.78, 5) is 11.7. The van der Waals surface area contributed by atoms with Crippen molar-refractivity contribution >= 4 is 11.8 Å². The molecule has 0 saturated heterocycles. The van der Waals surface area contributed by atoms with E-state index in [1.54, 1.807) is 25.1 Å². The number of anilines is 1.